The lowest BCUT2D eigenvalue weighted by Gasteiger charge is -2.55. The van der Waals surface area contributed by atoms with Crippen molar-refractivity contribution < 1.29 is 0 Å². The van der Waals surface area contributed by atoms with Gasteiger partial charge in [-0.1, -0.05) is 52.4 Å². The largest absolute Gasteiger partial charge is 0.316 e. The number of nitrogens with one attached hydrogen (secondary N) is 3. The fraction of sp³-hybridized carbons (Fsp3) is 1.00. The van der Waals surface area contributed by atoms with Crippen LogP contribution in [0.3, 0.4) is 0 Å². The van der Waals surface area contributed by atoms with Gasteiger partial charge in [-0.05, 0) is 81.8 Å². The number of hydrogen-bond acceptors (Lipinski definition) is 4. The maximum atomic E-state index is 3.93. The van der Waals surface area contributed by atoms with Crippen molar-refractivity contribution in [2.45, 2.75) is 96.2 Å². The number of hydrogen-bond donors (Lipinski definition) is 3. The predicted octanol–water partition coefficient (Wildman–Crippen LogP) is 3.22. The van der Waals surface area contributed by atoms with E-state index >= 15 is 0 Å². The van der Waals surface area contributed by atoms with Crippen molar-refractivity contribution in [2.24, 2.45) is 23.7 Å². The summed E-state index contributed by atoms with van der Waals surface area (Å²) in [6, 6.07) is 0. The molecule has 4 nitrogen and oxygen atoms in total. The van der Waals surface area contributed by atoms with E-state index in [4.69, 9.17) is 0 Å². The summed E-state index contributed by atoms with van der Waals surface area (Å²) in [6.07, 6.45) is 17.1. The van der Waals surface area contributed by atoms with Gasteiger partial charge in [0.2, 0.25) is 0 Å². The zero-order valence-electron chi connectivity index (χ0n) is 19.8. The Morgan fingerprint density at radius 1 is 0.862 bits per heavy atom. The number of fused-ring (bicyclic) bond motifs is 2. The summed E-state index contributed by atoms with van der Waals surface area (Å²) < 4.78 is 0. The van der Waals surface area contributed by atoms with Crippen LogP contribution >= 0.6 is 0 Å². The molecule has 0 aromatic rings. The van der Waals surface area contributed by atoms with Crippen LogP contribution in [0.2, 0.25) is 0 Å². The number of piperidine rings is 2. The Labute approximate surface area is 184 Å². The summed E-state index contributed by atoms with van der Waals surface area (Å²) in [4.78, 5) is 0. The normalized spacial score (nSPS) is 37.9. The van der Waals surface area contributed by atoms with Gasteiger partial charge < -0.3 is 10.6 Å². The summed E-state index contributed by atoms with van der Waals surface area (Å²) in [7, 11) is 1.22. The van der Waals surface area contributed by atoms with Crippen molar-refractivity contribution in [2.75, 3.05) is 32.7 Å². The Hall–Kier alpha value is 0.0569. The Morgan fingerprint density at radius 3 is 2.28 bits per heavy atom. The molecule has 5 atom stereocenters. The van der Waals surface area contributed by atoms with Crippen LogP contribution in [0.4, 0.5) is 0 Å². The van der Waals surface area contributed by atoms with Crippen LogP contribution in [0, 0.1) is 23.7 Å². The lowest BCUT2D eigenvalue weighted by atomic mass is 9.73. The van der Waals surface area contributed by atoms with Crippen molar-refractivity contribution in [3.8, 4) is 0 Å². The minimum atomic E-state index is 0.300. The fourth-order valence-electron chi connectivity index (χ4n) is 6.62. The zero-order chi connectivity index (χ0) is 20.5. The van der Waals surface area contributed by atoms with Gasteiger partial charge in [0.25, 0.3) is 0 Å². The van der Waals surface area contributed by atoms with E-state index in [1.807, 2.05) is 0 Å². The quantitative estimate of drug-likeness (QED) is 0.575. The van der Waals surface area contributed by atoms with E-state index in [1.54, 1.807) is 0 Å². The molecule has 4 aliphatic rings. The molecule has 2 saturated heterocycles. The molecule has 5 heteroatoms. The maximum Gasteiger partial charge on any atom is 0.0661 e. The fourth-order valence-corrected chi connectivity index (χ4v) is 8.02. The summed E-state index contributed by atoms with van der Waals surface area (Å²) in [5.74, 6) is 4.00. The monoisotopic (exact) mass is 422 g/mol. The van der Waals surface area contributed by atoms with Crippen LogP contribution in [0.1, 0.15) is 90.9 Å². The van der Waals surface area contributed by atoms with Crippen LogP contribution in [0.25, 0.3) is 0 Å². The van der Waals surface area contributed by atoms with Gasteiger partial charge in [-0.2, -0.15) is 0 Å². The standard InChI is InChI=1S/C15H33N3Si.C9H17N/c1-3-10-16-15(19)14-8-6-5-7-13(14)9-12-18(15)17-11-4-2;1-2-4-9-7-10-6-5-8(9)3-1/h13-14,16-17H,3-12H2,1-2,19H3;8-10H,1-7H2. The van der Waals surface area contributed by atoms with Gasteiger partial charge in [-0.25, -0.2) is 5.01 Å². The molecule has 0 aromatic carbocycles. The molecular weight excluding hydrogens is 372 g/mol. The van der Waals surface area contributed by atoms with E-state index in [0.717, 1.165) is 36.8 Å². The first kappa shape index (κ1) is 23.7. The van der Waals surface area contributed by atoms with Crippen molar-refractivity contribution in [1.82, 2.24) is 21.1 Å². The maximum absolute atomic E-state index is 3.93. The predicted molar refractivity (Wildman–Crippen MR) is 129 cm³/mol. The van der Waals surface area contributed by atoms with Gasteiger partial charge in [-0.3, -0.25) is 5.43 Å². The molecule has 4 rings (SSSR count). The van der Waals surface area contributed by atoms with E-state index in [9.17, 15) is 0 Å². The topological polar surface area (TPSA) is 39.3 Å². The molecule has 2 aliphatic heterocycles. The van der Waals surface area contributed by atoms with E-state index in [2.05, 4.69) is 34.9 Å². The molecule has 2 heterocycles. The smallest absolute Gasteiger partial charge is 0.0661 e. The number of rotatable bonds is 6. The van der Waals surface area contributed by atoms with Crippen molar-refractivity contribution in [1.29, 1.82) is 0 Å². The third kappa shape index (κ3) is 6.28. The van der Waals surface area contributed by atoms with Gasteiger partial charge in [0.1, 0.15) is 0 Å². The van der Waals surface area contributed by atoms with Gasteiger partial charge in [-0.15, -0.1) is 0 Å². The average Bonchev–Trinajstić information content (AvgIpc) is 2.78. The average molecular weight is 423 g/mol. The molecule has 0 amide bonds. The second-order valence-corrected chi connectivity index (χ2v) is 11.9. The minimum absolute atomic E-state index is 0.300. The third-order valence-corrected chi connectivity index (χ3v) is 10.0. The molecule has 0 bridgehead atoms. The highest BCUT2D eigenvalue weighted by Gasteiger charge is 2.47. The van der Waals surface area contributed by atoms with E-state index in [1.165, 1.54) is 107 Å². The summed E-state index contributed by atoms with van der Waals surface area (Å²) in [6.45, 7) is 10.6. The molecule has 29 heavy (non-hydrogen) atoms. The van der Waals surface area contributed by atoms with Crippen LogP contribution < -0.4 is 16.1 Å². The molecule has 5 unspecified atom stereocenters. The van der Waals surface area contributed by atoms with Crippen molar-refractivity contribution in [3.63, 3.8) is 0 Å². The van der Waals surface area contributed by atoms with Gasteiger partial charge >= 0.3 is 0 Å². The molecule has 0 aromatic heterocycles. The van der Waals surface area contributed by atoms with Crippen molar-refractivity contribution in [3.05, 3.63) is 0 Å². The van der Waals surface area contributed by atoms with Gasteiger partial charge in [0.05, 0.1) is 5.29 Å². The minimum Gasteiger partial charge on any atom is -0.316 e. The lowest BCUT2D eigenvalue weighted by Crippen LogP contribution is -2.72. The van der Waals surface area contributed by atoms with E-state index in [-0.39, 0.29) is 0 Å². The third-order valence-electron chi connectivity index (χ3n) is 8.37. The molecule has 0 radical (unpaired) electrons. The van der Waals surface area contributed by atoms with Gasteiger partial charge in [0, 0.05) is 23.3 Å². The molecule has 170 valence electrons. The summed E-state index contributed by atoms with van der Waals surface area (Å²) >= 11 is 0. The molecule has 2 saturated carbocycles. The first-order chi connectivity index (χ1) is 14.2. The first-order valence-corrected chi connectivity index (χ1v) is 14.2. The SMILES string of the molecule is C1CCC2CNCCC2C1.CCCNN1CCC2CCCCC2C1([SiH3])NCCC. The van der Waals surface area contributed by atoms with Crippen LogP contribution in [0.15, 0.2) is 0 Å². The molecule has 4 fully saturated rings. The summed E-state index contributed by atoms with van der Waals surface area (Å²) in [5.41, 5.74) is 3.71. The Morgan fingerprint density at radius 2 is 1.55 bits per heavy atom. The Kier molecular flexibility index (Phi) is 9.96. The van der Waals surface area contributed by atoms with Crippen molar-refractivity contribution >= 4 is 10.2 Å². The summed E-state index contributed by atoms with van der Waals surface area (Å²) in [5, 5.41) is 10.3. The molecular formula is C24H50N4Si. The molecule has 3 N–H and O–H groups in total. The lowest BCUT2D eigenvalue weighted by molar-refractivity contribution is -0.0550. The molecule has 0 spiro atoms. The highest BCUT2D eigenvalue weighted by atomic mass is 28.1. The van der Waals surface area contributed by atoms with Gasteiger partial charge in [0.15, 0.2) is 0 Å². The van der Waals surface area contributed by atoms with Crippen LogP contribution in [0.5, 0.6) is 0 Å². The first-order valence-electron chi connectivity index (χ1n) is 13.2. The van der Waals surface area contributed by atoms with Crippen LogP contribution in [-0.4, -0.2) is 53.3 Å². The number of hydrazine groups is 1. The van der Waals surface area contributed by atoms with Crippen LogP contribution in [-0.2, 0) is 0 Å². The zero-order valence-corrected chi connectivity index (χ0v) is 21.8. The molecule has 2 aliphatic carbocycles. The highest BCUT2D eigenvalue weighted by molar-refractivity contribution is 6.15. The van der Waals surface area contributed by atoms with E-state index < -0.39 is 0 Å². The highest BCUT2D eigenvalue weighted by Crippen LogP contribution is 2.42. The second-order valence-electron chi connectivity index (χ2n) is 10.4. The Balaban J connectivity index is 0.000000200. The van der Waals surface area contributed by atoms with E-state index in [0.29, 0.717) is 5.29 Å². The Bertz CT molecular complexity index is 436. The number of nitrogens with zero attached hydrogens (tertiary/aromatic N) is 1. The second kappa shape index (κ2) is 12.2.